The molecule has 15 atom stereocenters. The van der Waals surface area contributed by atoms with Crippen LogP contribution in [0.5, 0.6) is 0 Å². The standard InChI is InChI=1S/C67H72N10O11/c68-37-55-61(80-40-48-26-12-3-13-27-48)64(83-43-51-32-18-6-19-33-51)65(84-44-52-34-20-7-21-35-52)67(85-55)88-59-54(73-76-70)36-53(72-75-69)58(63(59)82-42-50-30-16-5-17-31-50)87-66-62(81-41-49-28-14-4-15-29-49)57(74-77-71)60(79-39-47-24-10-2-11-25-47)56(86-66)45-78-38-46-22-8-1-9-23-46/h1-35,53-67H,36-45,68H2/t53-,54+,55-,56-,57+,58+,59-,60-,61-,62-,63-,64+,65-,66-,67-/m1/s1. The van der Waals surface area contributed by atoms with Crippen molar-refractivity contribution >= 4 is 0 Å². The van der Waals surface area contributed by atoms with Gasteiger partial charge in [0.15, 0.2) is 12.6 Å². The largest absolute Gasteiger partial charge is 0.374 e. The molecule has 0 aromatic heterocycles. The van der Waals surface area contributed by atoms with Gasteiger partial charge < -0.3 is 57.8 Å². The van der Waals surface area contributed by atoms with Crippen LogP contribution in [-0.4, -0.2) is 105 Å². The fraction of sp³-hybridized carbons (Fsp3) is 0.373. The fourth-order valence-electron chi connectivity index (χ4n) is 11.3. The summed E-state index contributed by atoms with van der Waals surface area (Å²) in [6.07, 6.45) is -13.3. The van der Waals surface area contributed by atoms with E-state index >= 15 is 0 Å². The van der Waals surface area contributed by atoms with Gasteiger partial charge in [-0.2, -0.15) is 0 Å². The van der Waals surface area contributed by atoms with Crippen molar-refractivity contribution in [1.29, 1.82) is 0 Å². The zero-order valence-electron chi connectivity index (χ0n) is 48.5. The Morgan fingerprint density at radius 1 is 0.352 bits per heavy atom. The molecule has 2 saturated heterocycles. The van der Waals surface area contributed by atoms with E-state index in [2.05, 4.69) is 30.1 Å². The topological polar surface area (TPSA) is 274 Å². The van der Waals surface area contributed by atoms with Crippen LogP contribution in [0.25, 0.3) is 31.3 Å². The van der Waals surface area contributed by atoms with Gasteiger partial charge in [0.2, 0.25) is 0 Å². The molecule has 1 aliphatic carbocycles. The maximum Gasteiger partial charge on any atom is 0.187 e. The Balaban J connectivity index is 1.05. The van der Waals surface area contributed by atoms with E-state index in [1.165, 1.54) is 0 Å². The molecule has 2 N–H and O–H groups in total. The fourth-order valence-corrected chi connectivity index (χ4v) is 11.3. The van der Waals surface area contributed by atoms with E-state index in [1.807, 2.05) is 212 Å². The molecule has 2 aliphatic heterocycles. The Kier molecular flexibility index (Phi) is 23.9. The zero-order valence-corrected chi connectivity index (χ0v) is 48.5. The molecule has 0 unspecified atom stereocenters. The van der Waals surface area contributed by atoms with Crippen LogP contribution in [0.15, 0.2) is 228 Å². The van der Waals surface area contributed by atoms with Gasteiger partial charge in [-0.3, -0.25) is 0 Å². The van der Waals surface area contributed by atoms with Crippen LogP contribution in [0.3, 0.4) is 0 Å². The molecule has 10 rings (SSSR count). The summed E-state index contributed by atoms with van der Waals surface area (Å²) in [7, 11) is 0. The van der Waals surface area contributed by atoms with Crippen LogP contribution in [-0.2, 0) is 98.4 Å². The summed E-state index contributed by atoms with van der Waals surface area (Å²) in [5.74, 6) is 0. The molecule has 0 bridgehead atoms. The third-order valence-corrected chi connectivity index (χ3v) is 15.6. The van der Waals surface area contributed by atoms with Gasteiger partial charge in [-0.1, -0.05) is 228 Å². The molecule has 21 nitrogen and oxygen atoms in total. The highest BCUT2D eigenvalue weighted by atomic mass is 16.7. The number of hydrogen-bond donors (Lipinski definition) is 1. The average molecular weight is 1190 g/mol. The summed E-state index contributed by atoms with van der Waals surface area (Å²) >= 11 is 0. The number of hydrogen-bond acceptors (Lipinski definition) is 15. The van der Waals surface area contributed by atoms with Crippen molar-refractivity contribution < 1.29 is 52.1 Å². The first-order valence-corrected chi connectivity index (χ1v) is 29.5. The van der Waals surface area contributed by atoms with E-state index in [1.54, 1.807) is 0 Å². The van der Waals surface area contributed by atoms with Crippen molar-refractivity contribution in [3.63, 3.8) is 0 Å². The first-order chi connectivity index (χ1) is 43.5. The number of azide groups is 3. The third-order valence-electron chi connectivity index (χ3n) is 15.6. The summed E-state index contributed by atoms with van der Waals surface area (Å²) in [5, 5.41) is 13.1. The van der Waals surface area contributed by atoms with Gasteiger partial charge in [-0.05, 0) is 62.0 Å². The van der Waals surface area contributed by atoms with E-state index in [9.17, 15) is 16.6 Å². The van der Waals surface area contributed by atoms with Crippen molar-refractivity contribution in [2.75, 3.05) is 13.2 Å². The van der Waals surface area contributed by atoms with Gasteiger partial charge in [0, 0.05) is 21.3 Å². The van der Waals surface area contributed by atoms with Gasteiger partial charge >= 0.3 is 0 Å². The molecular formula is C67H72N10O11. The van der Waals surface area contributed by atoms with Crippen molar-refractivity contribution in [2.45, 2.75) is 144 Å². The minimum Gasteiger partial charge on any atom is -0.374 e. The van der Waals surface area contributed by atoms with Crippen LogP contribution < -0.4 is 5.73 Å². The van der Waals surface area contributed by atoms with Crippen LogP contribution in [0, 0.1) is 0 Å². The molecule has 0 amide bonds. The summed E-state index contributed by atoms with van der Waals surface area (Å²) in [4.78, 5) is 10.0. The highest BCUT2D eigenvalue weighted by molar-refractivity contribution is 5.20. The maximum atomic E-state index is 10.5. The first kappa shape index (κ1) is 63.0. The van der Waals surface area contributed by atoms with E-state index in [-0.39, 0.29) is 65.8 Å². The second kappa shape index (κ2) is 33.4. The van der Waals surface area contributed by atoms with Crippen molar-refractivity contribution in [2.24, 2.45) is 21.1 Å². The molecule has 7 aromatic rings. The summed E-state index contributed by atoms with van der Waals surface area (Å²) in [5.41, 5.74) is 44.0. The Hall–Kier alpha value is -8.01. The van der Waals surface area contributed by atoms with Crippen molar-refractivity contribution in [1.82, 2.24) is 0 Å². The van der Waals surface area contributed by atoms with Crippen LogP contribution in [0.4, 0.5) is 0 Å². The number of benzene rings is 7. The number of nitrogens with zero attached hydrogens (tertiary/aromatic N) is 9. The lowest BCUT2D eigenvalue weighted by atomic mass is 9.83. The van der Waals surface area contributed by atoms with Gasteiger partial charge in [0.25, 0.3) is 0 Å². The Morgan fingerprint density at radius 2 is 0.659 bits per heavy atom. The monoisotopic (exact) mass is 1190 g/mol. The molecule has 88 heavy (non-hydrogen) atoms. The van der Waals surface area contributed by atoms with Crippen LogP contribution in [0.1, 0.15) is 45.4 Å². The first-order valence-electron chi connectivity index (χ1n) is 29.5. The van der Waals surface area contributed by atoms with Gasteiger partial charge in [0.05, 0.1) is 89.3 Å². The van der Waals surface area contributed by atoms with Gasteiger partial charge in [0.1, 0.15) is 42.7 Å². The van der Waals surface area contributed by atoms with Crippen LogP contribution >= 0.6 is 0 Å². The Morgan fingerprint density at radius 3 is 1.03 bits per heavy atom. The van der Waals surface area contributed by atoms with E-state index < -0.39 is 91.7 Å². The van der Waals surface area contributed by atoms with Crippen LogP contribution in [0.2, 0.25) is 0 Å². The summed E-state index contributed by atoms with van der Waals surface area (Å²) < 4.78 is 76.5. The molecule has 1 saturated carbocycles. The highest BCUT2D eigenvalue weighted by Gasteiger charge is 2.56. The molecule has 7 aromatic carbocycles. The molecule has 0 radical (unpaired) electrons. The SMILES string of the molecule is [N-]=[N+]=N[C@@H]1[C@@H](OCc2ccccc2)[C@@H](O[C@@H]2[C@@H](OCc3ccccc3)[C@H](O[C@H]3O[C@H](CN)[C@@H](OCc4ccccc4)[C@H](OCc4ccccc4)[C@H]3OCc3ccccc3)[C@@H](N=[N+]=[N-])C[C@H]2N=[N+]=[N-])O[C@H](COCc2ccccc2)[C@H]1OCc1ccccc1. The van der Waals surface area contributed by atoms with Crippen molar-refractivity contribution in [3.8, 4) is 0 Å². The highest BCUT2D eigenvalue weighted by Crippen LogP contribution is 2.40. The number of rotatable bonds is 30. The summed E-state index contributed by atoms with van der Waals surface area (Å²) in [6, 6.07) is 64.1. The minimum atomic E-state index is -1.41. The van der Waals surface area contributed by atoms with E-state index in [0.717, 1.165) is 38.9 Å². The predicted molar refractivity (Wildman–Crippen MR) is 326 cm³/mol. The van der Waals surface area contributed by atoms with Crippen molar-refractivity contribution in [3.05, 3.63) is 283 Å². The molecule has 0 spiro atoms. The summed E-state index contributed by atoms with van der Waals surface area (Å²) in [6.45, 7) is 0.738. The molecular weight excluding hydrogens is 1120 g/mol. The molecule has 3 aliphatic rings. The number of ether oxygens (including phenoxy) is 11. The molecule has 21 heteroatoms. The second-order valence-corrected chi connectivity index (χ2v) is 21.6. The minimum absolute atomic E-state index is 0.0214. The normalized spacial score (nSPS) is 26.8. The zero-order chi connectivity index (χ0) is 60.5. The molecule has 3 fully saturated rings. The smallest absolute Gasteiger partial charge is 0.187 e. The average Bonchev–Trinajstić information content (AvgIpc) is 1.38. The third kappa shape index (κ3) is 17.4. The van der Waals surface area contributed by atoms with E-state index in [0.29, 0.717) is 0 Å². The second-order valence-electron chi connectivity index (χ2n) is 21.6. The molecule has 2 heterocycles. The van der Waals surface area contributed by atoms with E-state index in [4.69, 9.17) is 57.8 Å². The Bertz CT molecular complexity index is 3310. The van der Waals surface area contributed by atoms with Gasteiger partial charge in [-0.15, -0.1) is 0 Å². The number of nitrogens with two attached hydrogens (primary N) is 1. The lowest BCUT2D eigenvalue weighted by Gasteiger charge is -2.51. The Labute approximate surface area is 511 Å². The lowest BCUT2D eigenvalue weighted by molar-refractivity contribution is -0.351. The quantitative estimate of drug-likeness (QED) is 0.0250. The van der Waals surface area contributed by atoms with Gasteiger partial charge in [-0.25, -0.2) is 0 Å². The molecule has 456 valence electrons. The lowest BCUT2D eigenvalue weighted by Crippen LogP contribution is -2.66. The maximum absolute atomic E-state index is 10.5. The predicted octanol–water partition coefficient (Wildman–Crippen LogP) is 12.3.